The molecule has 0 unspecified atom stereocenters. The van der Waals surface area contributed by atoms with Gasteiger partial charge in [0.1, 0.15) is 0 Å². The predicted molar refractivity (Wildman–Crippen MR) is 43.9 cm³/mol. The molecule has 0 fully saturated rings. The Balaban J connectivity index is 3.04. The van der Waals surface area contributed by atoms with Gasteiger partial charge in [-0.15, -0.1) is 0 Å². The highest BCUT2D eigenvalue weighted by Gasteiger charge is 1.96. The SMILES string of the molecule is CCCCONC(=O)CCC. The lowest BCUT2D eigenvalue weighted by Gasteiger charge is -2.02. The summed E-state index contributed by atoms with van der Waals surface area (Å²) >= 11 is 0. The largest absolute Gasteiger partial charge is 0.274 e. The zero-order valence-electron chi connectivity index (χ0n) is 7.35. The van der Waals surface area contributed by atoms with Gasteiger partial charge in [0, 0.05) is 6.42 Å². The molecule has 0 radical (unpaired) electrons. The fourth-order valence-electron chi connectivity index (χ4n) is 0.626. The monoisotopic (exact) mass is 159 g/mol. The number of unbranched alkanes of at least 4 members (excludes halogenated alkanes) is 1. The van der Waals surface area contributed by atoms with Gasteiger partial charge in [-0.25, -0.2) is 5.48 Å². The summed E-state index contributed by atoms with van der Waals surface area (Å²) in [7, 11) is 0. The number of hydrogen-bond donors (Lipinski definition) is 1. The molecule has 0 aromatic heterocycles. The molecule has 0 rings (SSSR count). The molecule has 0 heterocycles. The molecule has 0 aliphatic carbocycles. The molecule has 0 aromatic carbocycles. The number of rotatable bonds is 6. The van der Waals surface area contributed by atoms with Crippen molar-refractivity contribution in [1.29, 1.82) is 0 Å². The molecule has 0 saturated heterocycles. The molecule has 0 bridgehead atoms. The first kappa shape index (κ1) is 10.4. The lowest BCUT2D eigenvalue weighted by molar-refractivity contribution is -0.133. The van der Waals surface area contributed by atoms with Crippen LogP contribution >= 0.6 is 0 Å². The Kier molecular flexibility index (Phi) is 7.15. The molecular formula is C8H17NO2. The average Bonchev–Trinajstić information content (AvgIpc) is 1.99. The molecule has 0 aliphatic heterocycles. The van der Waals surface area contributed by atoms with Gasteiger partial charge in [0.25, 0.3) is 0 Å². The molecule has 66 valence electrons. The van der Waals surface area contributed by atoms with E-state index in [1.54, 1.807) is 0 Å². The zero-order valence-corrected chi connectivity index (χ0v) is 7.35. The van der Waals surface area contributed by atoms with Crippen LogP contribution in [0.1, 0.15) is 39.5 Å². The summed E-state index contributed by atoms with van der Waals surface area (Å²) in [5.74, 6) is -0.0244. The number of carbonyl (C=O) groups is 1. The quantitative estimate of drug-likeness (QED) is 0.472. The van der Waals surface area contributed by atoms with Crippen LogP contribution in [0.25, 0.3) is 0 Å². The fourth-order valence-corrected chi connectivity index (χ4v) is 0.626. The molecule has 0 saturated carbocycles. The van der Waals surface area contributed by atoms with Crippen LogP contribution < -0.4 is 5.48 Å². The standard InChI is InChI=1S/C8H17NO2/c1-3-5-7-11-9-8(10)6-4-2/h3-7H2,1-2H3,(H,9,10). The number of hydroxylamine groups is 1. The Bertz CT molecular complexity index is 104. The smallest absolute Gasteiger partial charge is 0.243 e. The van der Waals surface area contributed by atoms with Crippen LogP contribution in [-0.4, -0.2) is 12.5 Å². The number of amides is 1. The maximum atomic E-state index is 10.8. The molecule has 0 aliphatic rings. The van der Waals surface area contributed by atoms with Crippen molar-refractivity contribution in [1.82, 2.24) is 5.48 Å². The molecule has 1 amide bonds. The maximum absolute atomic E-state index is 10.8. The van der Waals surface area contributed by atoms with Crippen LogP contribution in [0, 0.1) is 0 Å². The summed E-state index contributed by atoms with van der Waals surface area (Å²) in [6.07, 6.45) is 3.49. The number of nitrogens with one attached hydrogen (secondary N) is 1. The van der Waals surface area contributed by atoms with E-state index >= 15 is 0 Å². The van der Waals surface area contributed by atoms with Crippen molar-refractivity contribution in [3.05, 3.63) is 0 Å². The van der Waals surface area contributed by atoms with Gasteiger partial charge < -0.3 is 0 Å². The summed E-state index contributed by atoms with van der Waals surface area (Å²) in [5.41, 5.74) is 2.38. The Hall–Kier alpha value is -0.570. The van der Waals surface area contributed by atoms with E-state index in [9.17, 15) is 4.79 Å². The lowest BCUT2D eigenvalue weighted by atomic mass is 10.3. The van der Waals surface area contributed by atoms with Gasteiger partial charge in [-0.1, -0.05) is 20.3 Å². The van der Waals surface area contributed by atoms with Gasteiger partial charge in [-0.05, 0) is 12.8 Å². The van der Waals surface area contributed by atoms with Crippen molar-refractivity contribution >= 4 is 5.91 Å². The van der Waals surface area contributed by atoms with Gasteiger partial charge >= 0.3 is 0 Å². The van der Waals surface area contributed by atoms with Gasteiger partial charge in [0.05, 0.1) is 6.61 Å². The summed E-state index contributed by atoms with van der Waals surface area (Å²) in [5, 5.41) is 0. The highest BCUT2D eigenvalue weighted by Crippen LogP contribution is 1.88. The van der Waals surface area contributed by atoms with Crippen LogP contribution in [0.5, 0.6) is 0 Å². The Morgan fingerprint density at radius 1 is 1.36 bits per heavy atom. The third kappa shape index (κ3) is 7.33. The predicted octanol–water partition coefficient (Wildman–Crippen LogP) is 1.63. The van der Waals surface area contributed by atoms with E-state index in [-0.39, 0.29) is 5.91 Å². The molecule has 0 atom stereocenters. The summed E-state index contributed by atoms with van der Waals surface area (Å²) < 4.78 is 0. The Labute approximate surface area is 68.1 Å². The minimum atomic E-state index is -0.0244. The molecule has 0 aromatic rings. The maximum Gasteiger partial charge on any atom is 0.243 e. The minimum absolute atomic E-state index is 0.0244. The molecule has 3 nitrogen and oxygen atoms in total. The van der Waals surface area contributed by atoms with Crippen molar-refractivity contribution in [2.75, 3.05) is 6.61 Å². The van der Waals surface area contributed by atoms with E-state index in [0.29, 0.717) is 13.0 Å². The second kappa shape index (κ2) is 7.54. The van der Waals surface area contributed by atoms with Crippen molar-refractivity contribution < 1.29 is 9.63 Å². The molecule has 0 spiro atoms. The minimum Gasteiger partial charge on any atom is -0.274 e. The Morgan fingerprint density at radius 3 is 2.64 bits per heavy atom. The van der Waals surface area contributed by atoms with Crippen LogP contribution in [-0.2, 0) is 9.63 Å². The van der Waals surface area contributed by atoms with Gasteiger partial charge in [0.15, 0.2) is 0 Å². The number of hydrogen-bond acceptors (Lipinski definition) is 2. The van der Waals surface area contributed by atoms with Crippen LogP contribution in [0.3, 0.4) is 0 Å². The van der Waals surface area contributed by atoms with E-state index in [4.69, 9.17) is 4.84 Å². The summed E-state index contributed by atoms with van der Waals surface area (Å²) in [6, 6.07) is 0. The fraction of sp³-hybridized carbons (Fsp3) is 0.875. The first-order chi connectivity index (χ1) is 5.31. The van der Waals surface area contributed by atoms with E-state index in [1.807, 2.05) is 6.92 Å². The van der Waals surface area contributed by atoms with Crippen LogP contribution in [0.4, 0.5) is 0 Å². The second-order valence-corrected chi connectivity index (χ2v) is 2.48. The van der Waals surface area contributed by atoms with Crippen molar-refractivity contribution in [3.8, 4) is 0 Å². The van der Waals surface area contributed by atoms with Gasteiger partial charge in [0.2, 0.25) is 5.91 Å². The van der Waals surface area contributed by atoms with Crippen molar-refractivity contribution in [2.24, 2.45) is 0 Å². The van der Waals surface area contributed by atoms with Gasteiger partial charge in [-0.2, -0.15) is 0 Å². The van der Waals surface area contributed by atoms with E-state index in [0.717, 1.165) is 19.3 Å². The normalized spacial score (nSPS) is 9.64. The van der Waals surface area contributed by atoms with Crippen LogP contribution in [0.2, 0.25) is 0 Å². The average molecular weight is 159 g/mol. The van der Waals surface area contributed by atoms with Crippen molar-refractivity contribution in [3.63, 3.8) is 0 Å². The summed E-state index contributed by atoms with van der Waals surface area (Å²) in [6.45, 7) is 4.66. The lowest BCUT2D eigenvalue weighted by Crippen LogP contribution is -2.23. The second-order valence-electron chi connectivity index (χ2n) is 2.48. The first-order valence-corrected chi connectivity index (χ1v) is 4.21. The third-order valence-corrected chi connectivity index (χ3v) is 1.26. The highest BCUT2D eigenvalue weighted by atomic mass is 16.6. The van der Waals surface area contributed by atoms with Crippen LogP contribution in [0.15, 0.2) is 0 Å². The molecule has 1 N–H and O–H groups in total. The van der Waals surface area contributed by atoms with E-state index in [2.05, 4.69) is 12.4 Å². The summed E-state index contributed by atoms with van der Waals surface area (Å²) in [4.78, 5) is 15.7. The third-order valence-electron chi connectivity index (χ3n) is 1.26. The Morgan fingerprint density at radius 2 is 2.09 bits per heavy atom. The topological polar surface area (TPSA) is 38.3 Å². The first-order valence-electron chi connectivity index (χ1n) is 4.21. The number of carbonyl (C=O) groups excluding carboxylic acids is 1. The zero-order chi connectivity index (χ0) is 8.53. The van der Waals surface area contributed by atoms with Gasteiger partial charge in [-0.3, -0.25) is 9.63 Å². The molecule has 3 heteroatoms. The highest BCUT2D eigenvalue weighted by molar-refractivity contribution is 5.74. The molecule has 11 heavy (non-hydrogen) atoms. The van der Waals surface area contributed by atoms with E-state index in [1.165, 1.54) is 0 Å². The molecular weight excluding hydrogens is 142 g/mol. The van der Waals surface area contributed by atoms with Crippen molar-refractivity contribution in [2.45, 2.75) is 39.5 Å². The van der Waals surface area contributed by atoms with E-state index < -0.39 is 0 Å².